The number of pyridine rings is 1. The second kappa shape index (κ2) is 6.94. The van der Waals surface area contributed by atoms with E-state index in [1.807, 2.05) is 6.20 Å². The van der Waals surface area contributed by atoms with Crippen molar-refractivity contribution in [2.24, 2.45) is 17.8 Å². The molecule has 182 valence electrons. The average Bonchev–Trinajstić information content (AvgIpc) is 3.75. The minimum atomic E-state index is -4.55. The number of halogens is 4. The van der Waals surface area contributed by atoms with E-state index in [4.69, 9.17) is 10.7 Å². The third-order valence-corrected chi connectivity index (χ3v) is 9.06. The van der Waals surface area contributed by atoms with Crippen molar-refractivity contribution in [3.63, 3.8) is 0 Å². The predicted octanol–water partition coefficient (Wildman–Crippen LogP) is 3.35. The monoisotopic (exact) mass is 476 g/mol. The molecule has 5 aliphatic carbocycles. The number of alkyl halides is 4. The molecule has 0 spiro atoms. The first-order valence-electron chi connectivity index (χ1n) is 12.3. The summed E-state index contributed by atoms with van der Waals surface area (Å²) in [5.74, 6) is 2.82. The van der Waals surface area contributed by atoms with Gasteiger partial charge in [0, 0.05) is 68.6 Å². The quantitative estimate of drug-likeness (QED) is 0.648. The largest absolute Gasteiger partial charge is 0.419 e. The van der Waals surface area contributed by atoms with Crippen LogP contribution in [0, 0.1) is 17.8 Å². The van der Waals surface area contributed by atoms with Crippen molar-refractivity contribution < 1.29 is 17.6 Å². The van der Waals surface area contributed by atoms with Crippen molar-refractivity contribution >= 4 is 5.82 Å². The fourth-order valence-corrected chi connectivity index (χ4v) is 7.24. The Hall–Kier alpha value is -2.20. The summed E-state index contributed by atoms with van der Waals surface area (Å²) in [6.07, 6.45) is 2.18. The van der Waals surface area contributed by atoms with Crippen LogP contribution in [0.15, 0.2) is 18.5 Å². The molecule has 0 aromatic carbocycles. The Morgan fingerprint density at radius 1 is 1.12 bits per heavy atom. The molecule has 6 nitrogen and oxygen atoms in total. The van der Waals surface area contributed by atoms with Gasteiger partial charge in [-0.15, -0.1) is 0 Å². The first-order chi connectivity index (χ1) is 16.3. The molecule has 2 N–H and O–H groups in total. The van der Waals surface area contributed by atoms with Gasteiger partial charge in [0.25, 0.3) is 0 Å². The van der Waals surface area contributed by atoms with E-state index in [1.165, 1.54) is 12.6 Å². The van der Waals surface area contributed by atoms with Crippen molar-refractivity contribution in [2.45, 2.75) is 42.9 Å². The highest BCUT2D eigenvalue weighted by Crippen LogP contribution is 2.89. The molecule has 2 aromatic rings. The predicted molar refractivity (Wildman–Crippen MR) is 118 cm³/mol. The van der Waals surface area contributed by atoms with E-state index in [1.54, 1.807) is 0 Å². The van der Waals surface area contributed by atoms with Crippen molar-refractivity contribution in [1.29, 1.82) is 0 Å². The number of nitrogen functional groups attached to an aromatic ring is 1. The number of aromatic nitrogens is 3. The number of fused-ring (bicyclic) bond motifs is 1. The molecule has 1 aliphatic heterocycles. The second-order valence-corrected chi connectivity index (χ2v) is 10.7. The molecule has 6 aliphatic rings. The van der Waals surface area contributed by atoms with Crippen molar-refractivity contribution in [1.82, 2.24) is 24.3 Å². The minimum absolute atomic E-state index is 0.109. The van der Waals surface area contributed by atoms with Gasteiger partial charge in [0.2, 0.25) is 0 Å². The Bertz CT molecular complexity index is 1130. The van der Waals surface area contributed by atoms with E-state index < -0.39 is 17.6 Å². The SMILES string of the molecule is Nc1ncc(-c2cn([C@]34C5C(N6CCN(CCF)CC6)C[C@@H]3[C@H]54)c(C3CC3)n2)cc1C(F)(F)F. The van der Waals surface area contributed by atoms with Crippen LogP contribution >= 0.6 is 0 Å². The van der Waals surface area contributed by atoms with E-state index in [0.717, 1.165) is 50.9 Å². The standard InChI is InChI=1S/C24H28F4N6/c25-3-4-32-5-7-33(8-6-32)18-10-15-19-20(18)23(15,19)34-12-17(31-22(34)13-1-2-13)14-9-16(24(26,27)28)21(29)30-11-14/h9,11-13,15,18-20H,1-8,10H2,(H2,29,30)/t15-,18?,19-,20?,23-/m1/s1. The van der Waals surface area contributed by atoms with Gasteiger partial charge in [0.05, 0.1) is 16.8 Å². The normalized spacial score (nSPS) is 34.9. The molecule has 5 atom stereocenters. The first-order valence-corrected chi connectivity index (χ1v) is 12.3. The Kier molecular flexibility index (Phi) is 4.31. The summed E-state index contributed by atoms with van der Waals surface area (Å²) >= 11 is 0. The van der Waals surface area contributed by atoms with Crippen LogP contribution in [0.5, 0.6) is 0 Å². The molecule has 0 radical (unpaired) electrons. The Morgan fingerprint density at radius 2 is 1.88 bits per heavy atom. The fraction of sp³-hybridized carbons (Fsp3) is 0.667. The van der Waals surface area contributed by atoms with Gasteiger partial charge in [-0.25, -0.2) is 14.4 Å². The van der Waals surface area contributed by atoms with Crippen LogP contribution in [0.25, 0.3) is 11.3 Å². The van der Waals surface area contributed by atoms with Crippen LogP contribution in [-0.4, -0.2) is 69.8 Å². The first kappa shape index (κ1) is 21.1. The number of rotatable bonds is 6. The Balaban J connectivity index is 1.16. The highest BCUT2D eigenvalue weighted by Gasteiger charge is 2.94. The zero-order valence-electron chi connectivity index (χ0n) is 18.8. The average molecular weight is 477 g/mol. The molecule has 3 heterocycles. The maximum Gasteiger partial charge on any atom is 0.419 e. The van der Waals surface area contributed by atoms with E-state index in [2.05, 4.69) is 19.4 Å². The molecule has 2 aromatic heterocycles. The van der Waals surface area contributed by atoms with Crippen molar-refractivity contribution in [3.8, 4) is 11.3 Å². The number of hydrogen-bond acceptors (Lipinski definition) is 5. The van der Waals surface area contributed by atoms with E-state index in [9.17, 15) is 17.6 Å². The zero-order valence-corrected chi connectivity index (χ0v) is 18.8. The lowest BCUT2D eigenvalue weighted by molar-refractivity contribution is -0.137. The van der Waals surface area contributed by atoms with Gasteiger partial charge in [-0.3, -0.25) is 9.80 Å². The van der Waals surface area contributed by atoms with Crippen LogP contribution in [0.2, 0.25) is 0 Å². The summed E-state index contributed by atoms with van der Waals surface area (Å²) in [4.78, 5) is 13.5. The van der Waals surface area contributed by atoms with E-state index in [0.29, 0.717) is 47.5 Å². The van der Waals surface area contributed by atoms with Gasteiger partial charge in [-0.1, -0.05) is 0 Å². The number of nitrogens with zero attached hydrogens (tertiary/aromatic N) is 5. The molecule has 2 bridgehead atoms. The van der Waals surface area contributed by atoms with E-state index >= 15 is 0 Å². The van der Waals surface area contributed by atoms with Crippen LogP contribution in [0.4, 0.5) is 23.4 Å². The molecule has 6 fully saturated rings. The highest BCUT2D eigenvalue weighted by atomic mass is 19.4. The van der Waals surface area contributed by atoms with E-state index in [-0.39, 0.29) is 12.2 Å². The van der Waals surface area contributed by atoms with Crippen LogP contribution in [0.1, 0.15) is 36.6 Å². The van der Waals surface area contributed by atoms with Crippen LogP contribution in [0.3, 0.4) is 0 Å². The molecule has 0 amide bonds. The number of hydrogen-bond donors (Lipinski definition) is 1. The van der Waals surface area contributed by atoms with Gasteiger partial charge in [0.1, 0.15) is 18.3 Å². The summed E-state index contributed by atoms with van der Waals surface area (Å²) in [6, 6.07) is 1.63. The second-order valence-electron chi connectivity index (χ2n) is 10.7. The summed E-state index contributed by atoms with van der Waals surface area (Å²) in [5, 5.41) is 0. The fourth-order valence-electron chi connectivity index (χ4n) is 7.24. The number of piperazine rings is 1. The maximum absolute atomic E-state index is 13.4. The lowest BCUT2D eigenvalue weighted by Gasteiger charge is -2.38. The van der Waals surface area contributed by atoms with Gasteiger partial charge >= 0.3 is 6.18 Å². The summed E-state index contributed by atoms with van der Waals surface area (Å²) in [5.41, 5.74) is 5.63. The zero-order chi connectivity index (χ0) is 23.4. The molecule has 2 unspecified atom stereocenters. The molecule has 10 heteroatoms. The third-order valence-electron chi connectivity index (χ3n) is 9.06. The summed E-state index contributed by atoms with van der Waals surface area (Å²) in [7, 11) is 0. The summed E-state index contributed by atoms with van der Waals surface area (Å²) in [6.45, 7) is 4.04. The molecule has 8 rings (SSSR count). The van der Waals surface area contributed by atoms with Gasteiger partial charge in [-0.2, -0.15) is 13.2 Å². The van der Waals surface area contributed by atoms with Crippen LogP contribution in [-0.2, 0) is 11.7 Å². The Morgan fingerprint density at radius 3 is 2.53 bits per heavy atom. The smallest absolute Gasteiger partial charge is 0.383 e. The molecule has 34 heavy (non-hydrogen) atoms. The van der Waals surface area contributed by atoms with Crippen molar-refractivity contribution in [2.75, 3.05) is 45.1 Å². The number of imidazole rings is 1. The minimum Gasteiger partial charge on any atom is -0.383 e. The lowest BCUT2D eigenvalue weighted by Crippen LogP contribution is -2.50. The van der Waals surface area contributed by atoms with Crippen molar-refractivity contribution in [3.05, 3.63) is 29.8 Å². The van der Waals surface area contributed by atoms with Crippen LogP contribution < -0.4 is 5.73 Å². The topological polar surface area (TPSA) is 63.2 Å². The number of nitrogens with two attached hydrogens (primary N) is 1. The van der Waals surface area contributed by atoms with Gasteiger partial charge < -0.3 is 10.3 Å². The van der Waals surface area contributed by atoms with Gasteiger partial charge in [-0.05, 0) is 37.2 Å². The molecular formula is C24H28F4N6. The molecular weight excluding hydrogens is 448 g/mol. The molecule has 1 saturated heterocycles. The van der Waals surface area contributed by atoms with Gasteiger partial charge in [0.15, 0.2) is 0 Å². The molecule has 5 saturated carbocycles. The lowest BCUT2D eigenvalue weighted by atomic mass is 10.1. The summed E-state index contributed by atoms with van der Waals surface area (Å²) < 4.78 is 55.2. The third kappa shape index (κ3) is 2.87. The maximum atomic E-state index is 13.4. The highest BCUT2D eigenvalue weighted by molar-refractivity contribution is 5.63. The Labute approximate surface area is 195 Å². The number of anilines is 1.